The molecule has 7 heteroatoms. The highest BCUT2D eigenvalue weighted by molar-refractivity contribution is 7.87. The molecular weight excluding hydrogens is 356 g/mol. The first-order chi connectivity index (χ1) is 11.8. The summed E-state index contributed by atoms with van der Waals surface area (Å²) in [7, 11) is -1.22. The van der Waals surface area contributed by atoms with Crippen molar-refractivity contribution in [3.63, 3.8) is 0 Å². The number of hydrogen-bond acceptors (Lipinski definition) is 5. The van der Waals surface area contributed by atoms with E-state index in [9.17, 15) is 9.00 Å². The van der Waals surface area contributed by atoms with E-state index in [0.717, 1.165) is 29.5 Å². The van der Waals surface area contributed by atoms with E-state index in [0.29, 0.717) is 16.6 Å². The highest BCUT2D eigenvalue weighted by atomic mass is 32.2. The summed E-state index contributed by atoms with van der Waals surface area (Å²) < 4.78 is 20.0. The van der Waals surface area contributed by atoms with Crippen molar-refractivity contribution in [1.82, 2.24) is 9.88 Å². The van der Waals surface area contributed by atoms with Crippen molar-refractivity contribution in [1.29, 1.82) is 0 Å². The smallest absolute Gasteiger partial charge is 0.410 e. The molecule has 25 heavy (non-hydrogen) atoms. The third-order valence-electron chi connectivity index (χ3n) is 4.07. The molecule has 0 N–H and O–H groups in total. The molecule has 136 valence electrons. The summed E-state index contributed by atoms with van der Waals surface area (Å²) in [6, 6.07) is 7.75. The molecule has 3 rings (SSSR count). The monoisotopic (exact) mass is 380 g/mol. The lowest BCUT2D eigenvalue weighted by Gasteiger charge is -2.36. The van der Waals surface area contributed by atoms with Crippen LogP contribution in [0, 0.1) is 0 Å². The van der Waals surface area contributed by atoms with Gasteiger partial charge in [0.15, 0.2) is 4.34 Å². The van der Waals surface area contributed by atoms with E-state index in [1.807, 2.05) is 45.0 Å². The van der Waals surface area contributed by atoms with Crippen LogP contribution in [0.1, 0.15) is 40.0 Å². The zero-order valence-corrected chi connectivity index (χ0v) is 16.5. The van der Waals surface area contributed by atoms with Crippen molar-refractivity contribution in [2.45, 2.75) is 56.0 Å². The summed E-state index contributed by atoms with van der Waals surface area (Å²) in [5.74, 6) is 0.416. The number of fused-ring (bicyclic) bond motifs is 1. The highest BCUT2D eigenvalue weighted by Crippen LogP contribution is 2.27. The standard InChI is InChI=1S/C18H24N2O3S2/c1-18(2,3)23-17(21)20-11-7-6-8-13(20)12-25(22)16-19-14-9-4-5-10-15(14)24-16/h4-5,9-10,13H,6-8,11-12H2,1-3H3. The second kappa shape index (κ2) is 7.41. The average molecular weight is 381 g/mol. The van der Waals surface area contributed by atoms with Gasteiger partial charge in [-0.05, 0) is 52.2 Å². The third kappa shape index (κ3) is 4.58. The third-order valence-corrected chi connectivity index (χ3v) is 6.87. The molecule has 1 amide bonds. The number of thiazole rings is 1. The molecule has 1 aliphatic rings. The maximum absolute atomic E-state index is 12.8. The molecule has 0 aliphatic carbocycles. The number of likely N-dealkylation sites (tertiary alicyclic amines) is 1. The van der Waals surface area contributed by atoms with Gasteiger partial charge in [-0.25, -0.2) is 9.78 Å². The second-order valence-electron chi connectivity index (χ2n) is 7.28. The second-order valence-corrected chi connectivity index (χ2v) is 9.98. The maximum Gasteiger partial charge on any atom is 0.410 e. The number of rotatable bonds is 3. The number of piperidine rings is 1. The van der Waals surface area contributed by atoms with Crippen LogP contribution in [0.3, 0.4) is 0 Å². The van der Waals surface area contributed by atoms with Gasteiger partial charge in [0.05, 0.1) is 26.8 Å². The minimum atomic E-state index is -1.22. The first-order valence-electron chi connectivity index (χ1n) is 8.57. The number of para-hydroxylation sites is 1. The Bertz CT molecular complexity index is 749. The van der Waals surface area contributed by atoms with Crippen LogP contribution in [0.15, 0.2) is 28.6 Å². The van der Waals surface area contributed by atoms with Gasteiger partial charge in [0, 0.05) is 12.6 Å². The van der Waals surface area contributed by atoms with Crippen molar-refractivity contribution >= 4 is 38.4 Å². The van der Waals surface area contributed by atoms with Gasteiger partial charge in [0.25, 0.3) is 0 Å². The molecule has 0 saturated carbocycles. The molecule has 1 aromatic heterocycles. The van der Waals surface area contributed by atoms with E-state index in [2.05, 4.69) is 4.98 Å². The van der Waals surface area contributed by atoms with Crippen LogP contribution in [-0.4, -0.2) is 44.1 Å². The van der Waals surface area contributed by atoms with Gasteiger partial charge in [0.1, 0.15) is 5.60 Å². The normalized spacial score (nSPS) is 19.8. The lowest BCUT2D eigenvalue weighted by Crippen LogP contribution is -2.48. The summed E-state index contributed by atoms with van der Waals surface area (Å²) in [5.41, 5.74) is 0.356. The zero-order chi connectivity index (χ0) is 18.0. The summed E-state index contributed by atoms with van der Waals surface area (Å²) in [5, 5.41) is 0. The summed E-state index contributed by atoms with van der Waals surface area (Å²) in [6.45, 7) is 6.26. The maximum atomic E-state index is 12.8. The summed E-state index contributed by atoms with van der Waals surface area (Å²) >= 11 is 1.47. The summed E-state index contributed by atoms with van der Waals surface area (Å²) in [4.78, 5) is 18.7. The van der Waals surface area contributed by atoms with Crippen molar-refractivity contribution in [3.05, 3.63) is 24.3 Å². The molecular formula is C18H24N2O3S2. The topological polar surface area (TPSA) is 59.5 Å². The number of aromatic nitrogens is 1. The predicted octanol–water partition coefficient (Wildman–Crippen LogP) is 4.19. The van der Waals surface area contributed by atoms with Gasteiger partial charge in [0.2, 0.25) is 0 Å². The van der Waals surface area contributed by atoms with Crippen LogP contribution in [-0.2, 0) is 15.5 Å². The highest BCUT2D eigenvalue weighted by Gasteiger charge is 2.32. The first-order valence-corrected chi connectivity index (χ1v) is 10.7. The molecule has 2 atom stereocenters. The largest absolute Gasteiger partial charge is 0.444 e. The number of benzene rings is 1. The fourth-order valence-corrected chi connectivity index (χ4v) is 5.51. The number of ether oxygens (including phenoxy) is 1. The molecule has 1 fully saturated rings. The fraction of sp³-hybridized carbons (Fsp3) is 0.556. The van der Waals surface area contributed by atoms with Gasteiger partial charge in [-0.1, -0.05) is 12.1 Å². The van der Waals surface area contributed by atoms with Crippen LogP contribution < -0.4 is 0 Å². The Morgan fingerprint density at radius 3 is 2.84 bits per heavy atom. The molecule has 5 nitrogen and oxygen atoms in total. The van der Waals surface area contributed by atoms with Crippen molar-refractivity contribution in [2.24, 2.45) is 0 Å². The van der Waals surface area contributed by atoms with Crippen LogP contribution in [0.25, 0.3) is 10.2 Å². The molecule has 1 aromatic carbocycles. The number of amides is 1. The fourth-order valence-electron chi connectivity index (χ4n) is 2.93. The number of carbonyl (C=O) groups excluding carboxylic acids is 1. The number of nitrogens with zero attached hydrogens (tertiary/aromatic N) is 2. The van der Waals surface area contributed by atoms with Crippen molar-refractivity contribution in [3.8, 4) is 0 Å². The van der Waals surface area contributed by atoms with Gasteiger partial charge < -0.3 is 9.64 Å². The van der Waals surface area contributed by atoms with Gasteiger partial charge in [-0.3, -0.25) is 4.21 Å². The average Bonchev–Trinajstić information content (AvgIpc) is 2.98. The van der Waals surface area contributed by atoms with E-state index in [-0.39, 0.29) is 12.1 Å². The number of carbonyl (C=O) groups is 1. The van der Waals surface area contributed by atoms with Gasteiger partial charge in [-0.15, -0.1) is 11.3 Å². The molecule has 0 bridgehead atoms. The number of hydrogen-bond donors (Lipinski definition) is 0. The van der Waals surface area contributed by atoms with Crippen LogP contribution in [0.4, 0.5) is 4.79 Å². The quantitative estimate of drug-likeness (QED) is 0.801. The van der Waals surface area contributed by atoms with Crippen molar-refractivity contribution in [2.75, 3.05) is 12.3 Å². The minimum Gasteiger partial charge on any atom is -0.444 e. The van der Waals surface area contributed by atoms with E-state index in [1.54, 1.807) is 4.90 Å². The Kier molecular flexibility index (Phi) is 5.43. The molecule has 0 radical (unpaired) electrons. The zero-order valence-electron chi connectivity index (χ0n) is 14.9. The molecule has 2 aromatic rings. The minimum absolute atomic E-state index is 0.0588. The Hall–Kier alpha value is -1.47. The molecule has 2 heterocycles. The Labute approximate surface area is 154 Å². The first kappa shape index (κ1) is 18.3. The predicted molar refractivity (Wildman–Crippen MR) is 101 cm³/mol. The Morgan fingerprint density at radius 1 is 1.36 bits per heavy atom. The van der Waals surface area contributed by atoms with Crippen LogP contribution in [0.5, 0.6) is 0 Å². The van der Waals surface area contributed by atoms with Crippen LogP contribution >= 0.6 is 11.3 Å². The Balaban J connectivity index is 1.72. The van der Waals surface area contributed by atoms with Crippen LogP contribution in [0.2, 0.25) is 0 Å². The van der Waals surface area contributed by atoms with Gasteiger partial charge in [-0.2, -0.15) is 0 Å². The lowest BCUT2D eigenvalue weighted by atomic mass is 10.0. The van der Waals surface area contributed by atoms with E-state index in [1.165, 1.54) is 11.3 Å². The molecule has 2 unspecified atom stereocenters. The molecule has 1 saturated heterocycles. The van der Waals surface area contributed by atoms with E-state index >= 15 is 0 Å². The van der Waals surface area contributed by atoms with Crippen molar-refractivity contribution < 1.29 is 13.7 Å². The molecule has 0 spiro atoms. The SMILES string of the molecule is CC(C)(C)OC(=O)N1CCCCC1CS(=O)c1nc2ccccc2s1. The lowest BCUT2D eigenvalue weighted by molar-refractivity contribution is 0.0125. The summed E-state index contributed by atoms with van der Waals surface area (Å²) in [6.07, 6.45) is 2.55. The Morgan fingerprint density at radius 2 is 2.12 bits per heavy atom. The molecule has 1 aliphatic heterocycles. The van der Waals surface area contributed by atoms with E-state index < -0.39 is 16.4 Å². The van der Waals surface area contributed by atoms with Gasteiger partial charge >= 0.3 is 6.09 Å². The van der Waals surface area contributed by atoms with E-state index in [4.69, 9.17) is 4.74 Å².